The highest BCUT2D eigenvalue weighted by Crippen LogP contribution is 2.42. The number of rotatable bonds is 10. The normalized spacial score (nSPS) is 20.7. The van der Waals surface area contributed by atoms with E-state index in [1.54, 1.807) is 13.0 Å². The van der Waals surface area contributed by atoms with Gasteiger partial charge in [0.05, 0.1) is 29.7 Å². The number of benzene rings is 1. The highest BCUT2D eigenvalue weighted by molar-refractivity contribution is 6.56. The Bertz CT molecular complexity index is 1340. The Hall–Kier alpha value is -3.20. The molecule has 224 valence electrons. The van der Waals surface area contributed by atoms with E-state index in [0.717, 1.165) is 71.3 Å². The zero-order valence-corrected chi connectivity index (χ0v) is 26.2. The van der Waals surface area contributed by atoms with Crippen LogP contribution in [0.25, 0.3) is 17.7 Å². The van der Waals surface area contributed by atoms with Gasteiger partial charge in [-0.25, -0.2) is 9.48 Å². The number of hydrogen-bond acceptors (Lipinski definition) is 6. The number of hydrogen-bond donors (Lipinski definition) is 0. The number of allylic oxidation sites excluding steroid dienone is 4. The van der Waals surface area contributed by atoms with Gasteiger partial charge < -0.3 is 18.8 Å². The number of aryl methyl sites for hydroxylation is 1. The molecule has 0 saturated carbocycles. The topological polar surface area (TPSA) is 71.8 Å². The fourth-order valence-electron chi connectivity index (χ4n) is 5.21. The molecule has 2 aliphatic heterocycles. The fraction of sp³-hybridized carbons (Fsp3) is 0.471. The maximum atomic E-state index is 11.8. The van der Waals surface area contributed by atoms with Crippen molar-refractivity contribution in [2.24, 2.45) is 0 Å². The third kappa shape index (κ3) is 7.05. The van der Waals surface area contributed by atoms with Crippen molar-refractivity contribution in [2.45, 2.75) is 91.6 Å². The number of carbonyl (C=O) groups is 1. The van der Waals surface area contributed by atoms with Gasteiger partial charge in [-0.3, -0.25) is 0 Å². The molecule has 0 aliphatic carbocycles. The van der Waals surface area contributed by atoms with E-state index in [9.17, 15) is 4.79 Å². The van der Waals surface area contributed by atoms with Crippen LogP contribution in [0.1, 0.15) is 95.8 Å². The highest BCUT2D eigenvalue weighted by atomic mass is 16.7. The molecular formula is C34H45BN2O5. The lowest BCUT2D eigenvalue weighted by molar-refractivity contribution is -0.137. The fourth-order valence-corrected chi connectivity index (χ4v) is 5.21. The van der Waals surface area contributed by atoms with E-state index in [4.69, 9.17) is 18.8 Å². The number of aromatic nitrogens is 2. The van der Waals surface area contributed by atoms with Gasteiger partial charge >= 0.3 is 13.1 Å². The first-order valence-corrected chi connectivity index (χ1v) is 15.0. The Labute approximate surface area is 251 Å². The van der Waals surface area contributed by atoms with Crippen molar-refractivity contribution in [1.82, 2.24) is 9.78 Å². The van der Waals surface area contributed by atoms with E-state index in [0.29, 0.717) is 6.61 Å². The maximum Gasteiger partial charge on any atom is 0.491 e. The zero-order valence-electron chi connectivity index (χ0n) is 26.2. The van der Waals surface area contributed by atoms with E-state index in [1.807, 2.05) is 41.2 Å². The van der Waals surface area contributed by atoms with Gasteiger partial charge in [0.2, 0.25) is 0 Å². The molecular weight excluding hydrogens is 527 g/mol. The SMILES string of the molecule is C=C(/C=C\c1c(C)cnn1C1CCCCO1)/C(=C(\CC)B1OC(C)(C)C(C)(C)O1)c1ccc(/C=C/C(=O)OCC)cc1. The molecule has 0 N–H and O–H groups in total. The van der Waals surface area contributed by atoms with Crippen LogP contribution in [0.5, 0.6) is 0 Å². The predicted octanol–water partition coefficient (Wildman–Crippen LogP) is 7.53. The predicted molar refractivity (Wildman–Crippen MR) is 169 cm³/mol. The molecule has 42 heavy (non-hydrogen) atoms. The number of esters is 1. The molecule has 1 atom stereocenters. The summed E-state index contributed by atoms with van der Waals surface area (Å²) in [6, 6.07) is 8.06. The molecule has 0 radical (unpaired) electrons. The minimum Gasteiger partial charge on any atom is -0.463 e. The lowest BCUT2D eigenvalue weighted by Gasteiger charge is -2.32. The van der Waals surface area contributed by atoms with Crippen LogP contribution in [-0.2, 0) is 23.6 Å². The monoisotopic (exact) mass is 572 g/mol. The lowest BCUT2D eigenvalue weighted by Crippen LogP contribution is -2.41. The van der Waals surface area contributed by atoms with Crippen LogP contribution < -0.4 is 0 Å². The van der Waals surface area contributed by atoms with E-state index in [1.165, 1.54) is 6.08 Å². The molecule has 1 unspecified atom stereocenters. The van der Waals surface area contributed by atoms with Crippen LogP contribution in [0.3, 0.4) is 0 Å². The number of carbonyl (C=O) groups excluding carboxylic acids is 1. The van der Waals surface area contributed by atoms with Crippen LogP contribution >= 0.6 is 0 Å². The van der Waals surface area contributed by atoms with Crippen LogP contribution in [0.2, 0.25) is 0 Å². The first-order valence-electron chi connectivity index (χ1n) is 15.0. The minimum absolute atomic E-state index is 0.0541. The largest absolute Gasteiger partial charge is 0.491 e. The molecule has 7 nitrogen and oxygen atoms in total. The third-order valence-corrected chi connectivity index (χ3v) is 8.36. The Balaban J connectivity index is 1.72. The Morgan fingerprint density at radius 1 is 1.10 bits per heavy atom. The van der Waals surface area contributed by atoms with Gasteiger partial charge in [0.15, 0.2) is 6.23 Å². The first-order chi connectivity index (χ1) is 20.0. The van der Waals surface area contributed by atoms with Crippen LogP contribution in [-0.4, -0.2) is 47.3 Å². The molecule has 2 aromatic rings. The van der Waals surface area contributed by atoms with Crippen LogP contribution in [0.15, 0.2) is 60.2 Å². The average Bonchev–Trinajstić information content (AvgIpc) is 3.43. The van der Waals surface area contributed by atoms with Crippen LogP contribution in [0.4, 0.5) is 0 Å². The molecule has 0 bridgehead atoms. The van der Waals surface area contributed by atoms with Crippen molar-refractivity contribution in [2.75, 3.05) is 13.2 Å². The summed E-state index contributed by atoms with van der Waals surface area (Å²) in [4.78, 5) is 11.8. The molecule has 2 saturated heterocycles. The van der Waals surface area contributed by atoms with Crippen molar-refractivity contribution in [1.29, 1.82) is 0 Å². The molecule has 4 rings (SSSR count). The van der Waals surface area contributed by atoms with Gasteiger partial charge in [0, 0.05) is 12.7 Å². The molecule has 2 fully saturated rings. The van der Waals surface area contributed by atoms with Crippen molar-refractivity contribution in [3.05, 3.63) is 82.6 Å². The Kier molecular flexibility index (Phi) is 10.1. The second-order valence-corrected chi connectivity index (χ2v) is 11.9. The summed E-state index contributed by atoms with van der Waals surface area (Å²) in [6.45, 7) is 19.9. The van der Waals surface area contributed by atoms with E-state index in [2.05, 4.69) is 59.3 Å². The lowest BCUT2D eigenvalue weighted by atomic mass is 9.70. The molecule has 8 heteroatoms. The van der Waals surface area contributed by atoms with Crippen molar-refractivity contribution < 1.29 is 23.6 Å². The summed E-state index contributed by atoms with van der Waals surface area (Å²) in [5, 5.41) is 4.64. The minimum atomic E-state index is -0.508. The number of nitrogens with zero attached hydrogens (tertiary/aromatic N) is 2. The molecule has 0 amide bonds. The van der Waals surface area contributed by atoms with Gasteiger partial charge in [-0.15, -0.1) is 0 Å². The zero-order chi connectivity index (χ0) is 30.5. The van der Waals surface area contributed by atoms with Gasteiger partial charge in [-0.1, -0.05) is 43.8 Å². The molecule has 3 heterocycles. The van der Waals surface area contributed by atoms with Crippen molar-refractivity contribution in [3.63, 3.8) is 0 Å². The number of ether oxygens (including phenoxy) is 2. The second-order valence-electron chi connectivity index (χ2n) is 11.9. The van der Waals surface area contributed by atoms with Crippen molar-refractivity contribution in [3.8, 4) is 0 Å². The quantitative estimate of drug-likeness (QED) is 0.127. The summed E-state index contributed by atoms with van der Waals surface area (Å²) in [5.41, 5.74) is 5.89. The Morgan fingerprint density at radius 2 is 1.79 bits per heavy atom. The summed E-state index contributed by atoms with van der Waals surface area (Å²) in [5.74, 6) is -0.358. The third-order valence-electron chi connectivity index (χ3n) is 8.36. The maximum absolute atomic E-state index is 11.8. The van der Waals surface area contributed by atoms with E-state index >= 15 is 0 Å². The molecule has 1 aromatic heterocycles. The van der Waals surface area contributed by atoms with Gasteiger partial charge in [0.25, 0.3) is 0 Å². The van der Waals surface area contributed by atoms with Gasteiger partial charge in [0.1, 0.15) is 0 Å². The standard InChI is InChI=1S/C34H45BN2O5/c1-9-28(35-41-33(5,6)34(7,8)42-35)32(27-18-15-26(16-19-27)17-21-31(38)39-10-2)24(3)14-20-29-25(4)23-36-37(29)30-13-11-12-22-40-30/h14-21,23,30H,3,9-13,22H2,1-2,4-8H3/b20-14-,21-17+,32-28-. The average molecular weight is 573 g/mol. The Morgan fingerprint density at radius 3 is 2.38 bits per heavy atom. The van der Waals surface area contributed by atoms with E-state index in [-0.39, 0.29) is 12.2 Å². The molecule has 0 spiro atoms. The van der Waals surface area contributed by atoms with Gasteiger partial charge in [-0.05, 0) is 113 Å². The first kappa shape index (κ1) is 31.7. The summed E-state index contributed by atoms with van der Waals surface area (Å²) in [6.07, 6.45) is 13.1. The van der Waals surface area contributed by atoms with E-state index < -0.39 is 18.3 Å². The summed E-state index contributed by atoms with van der Waals surface area (Å²) in [7, 11) is -0.508. The summed E-state index contributed by atoms with van der Waals surface area (Å²) >= 11 is 0. The summed E-state index contributed by atoms with van der Waals surface area (Å²) < 4.78 is 26.1. The van der Waals surface area contributed by atoms with Crippen molar-refractivity contribution >= 4 is 30.8 Å². The highest BCUT2D eigenvalue weighted by Gasteiger charge is 2.52. The molecule has 1 aromatic carbocycles. The second kappa shape index (κ2) is 13.4. The van der Waals surface area contributed by atoms with Gasteiger partial charge in [-0.2, -0.15) is 5.10 Å². The van der Waals surface area contributed by atoms with Crippen LogP contribution in [0, 0.1) is 6.92 Å². The molecule has 2 aliphatic rings. The smallest absolute Gasteiger partial charge is 0.463 e.